The van der Waals surface area contributed by atoms with Crippen molar-refractivity contribution in [3.63, 3.8) is 0 Å². The van der Waals surface area contributed by atoms with Crippen LogP contribution in [0.15, 0.2) is 121 Å². The Balaban J connectivity index is 1.59. The standard InChI is InChI=1S/C33H28/c1-24-13-12-17-27(23-24)25(2)14-6-7-18-28-29-19-8-10-21-31(29)33(26-15-4-3-5-16-26)32-22-11-9-20-30(28)32/h3-17,19-23H,18H2,1-2H3/b7-6-,25-14+. The van der Waals surface area contributed by atoms with Gasteiger partial charge in [-0.25, -0.2) is 0 Å². The van der Waals surface area contributed by atoms with Crippen LogP contribution in [-0.4, -0.2) is 0 Å². The first kappa shape index (κ1) is 21.0. The van der Waals surface area contributed by atoms with Crippen LogP contribution < -0.4 is 0 Å². The lowest BCUT2D eigenvalue weighted by Gasteiger charge is -2.16. The lowest BCUT2D eigenvalue weighted by Crippen LogP contribution is -1.92. The van der Waals surface area contributed by atoms with Crippen molar-refractivity contribution >= 4 is 27.1 Å². The van der Waals surface area contributed by atoms with E-state index in [2.05, 4.69) is 135 Å². The van der Waals surface area contributed by atoms with E-state index in [9.17, 15) is 0 Å². The Labute approximate surface area is 196 Å². The highest BCUT2D eigenvalue weighted by atomic mass is 14.2. The number of rotatable bonds is 5. The third-order valence-electron chi connectivity index (χ3n) is 6.38. The largest absolute Gasteiger partial charge is 0.0801 e. The maximum atomic E-state index is 2.29. The first-order valence-electron chi connectivity index (χ1n) is 11.6. The molecule has 0 aliphatic heterocycles. The second-order valence-electron chi connectivity index (χ2n) is 8.66. The molecule has 33 heavy (non-hydrogen) atoms. The summed E-state index contributed by atoms with van der Waals surface area (Å²) >= 11 is 0. The Bertz CT molecular complexity index is 1430. The average molecular weight is 425 g/mol. The molecule has 0 atom stereocenters. The van der Waals surface area contributed by atoms with Gasteiger partial charge in [0.15, 0.2) is 0 Å². The van der Waals surface area contributed by atoms with Crippen LogP contribution >= 0.6 is 0 Å². The molecule has 0 unspecified atom stereocenters. The second kappa shape index (κ2) is 9.30. The van der Waals surface area contributed by atoms with Crippen LogP contribution in [0.4, 0.5) is 0 Å². The third-order valence-corrected chi connectivity index (χ3v) is 6.38. The van der Waals surface area contributed by atoms with Crippen LogP contribution in [-0.2, 0) is 6.42 Å². The fourth-order valence-electron chi connectivity index (χ4n) is 4.74. The molecule has 0 nitrogen and oxygen atoms in total. The monoisotopic (exact) mass is 424 g/mol. The van der Waals surface area contributed by atoms with Gasteiger partial charge in [0.2, 0.25) is 0 Å². The number of aryl methyl sites for hydroxylation is 1. The van der Waals surface area contributed by atoms with Gasteiger partial charge in [0.05, 0.1) is 0 Å². The predicted octanol–water partition coefficient (Wildman–Crippen LogP) is 9.17. The minimum absolute atomic E-state index is 0.897. The van der Waals surface area contributed by atoms with Gasteiger partial charge in [-0.15, -0.1) is 0 Å². The Morgan fingerprint density at radius 1 is 0.667 bits per heavy atom. The molecule has 0 fully saturated rings. The van der Waals surface area contributed by atoms with Gasteiger partial charge in [0.25, 0.3) is 0 Å². The van der Waals surface area contributed by atoms with E-state index < -0.39 is 0 Å². The van der Waals surface area contributed by atoms with E-state index in [1.165, 1.54) is 54.9 Å². The van der Waals surface area contributed by atoms with Gasteiger partial charge in [0, 0.05) is 0 Å². The minimum Gasteiger partial charge on any atom is -0.0801 e. The molecule has 0 heterocycles. The predicted molar refractivity (Wildman–Crippen MR) is 145 cm³/mol. The highest BCUT2D eigenvalue weighted by Gasteiger charge is 2.13. The molecule has 0 radical (unpaired) electrons. The first-order chi connectivity index (χ1) is 16.2. The van der Waals surface area contributed by atoms with Crippen LogP contribution in [0.5, 0.6) is 0 Å². The van der Waals surface area contributed by atoms with Gasteiger partial charge in [0.1, 0.15) is 0 Å². The molecule has 0 bridgehead atoms. The maximum absolute atomic E-state index is 2.29. The van der Waals surface area contributed by atoms with Gasteiger partial charge in [-0.1, -0.05) is 127 Å². The zero-order valence-corrected chi connectivity index (χ0v) is 19.3. The summed E-state index contributed by atoms with van der Waals surface area (Å²) in [4.78, 5) is 0. The van der Waals surface area contributed by atoms with E-state index in [4.69, 9.17) is 0 Å². The van der Waals surface area contributed by atoms with Gasteiger partial charge in [-0.2, -0.15) is 0 Å². The summed E-state index contributed by atoms with van der Waals surface area (Å²) in [6.07, 6.45) is 7.60. The summed E-state index contributed by atoms with van der Waals surface area (Å²) in [7, 11) is 0. The highest BCUT2D eigenvalue weighted by Crippen LogP contribution is 2.39. The van der Waals surface area contributed by atoms with Crippen molar-refractivity contribution in [2.75, 3.05) is 0 Å². The first-order valence-corrected chi connectivity index (χ1v) is 11.6. The van der Waals surface area contributed by atoms with Crippen molar-refractivity contribution in [3.8, 4) is 11.1 Å². The van der Waals surface area contributed by atoms with Gasteiger partial charge < -0.3 is 0 Å². The van der Waals surface area contributed by atoms with E-state index in [1.54, 1.807) is 0 Å². The van der Waals surface area contributed by atoms with Crippen LogP contribution in [0.25, 0.3) is 38.2 Å². The zero-order chi connectivity index (χ0) is 22.6. The molecule has 0 aliphatic rings. The van der Waals surface area contributed by atoms with Crippen molar-refractivity contribution in [3.05, 3.63) is 138 Å². The van der Waals surface area contributed by atoms with Crippen molar-refractivity contribution in [2.45, 2.75) is 20.3 Å². The van der Waals surface area contributed by atoms with Gasteiger partial charge in [-0.05, 0) is 69.6 Å². The SMILES string of the molecule is C/C(=C\C=C/Cc1c2ccccc2c(-c2ccccc2)c2ccccc12)c1cccc(C)c1. The quantitative estimate of drug-likeness (QED) is 0.195. The molecule has 5 aromatic rings. The fraction of sp³-hybridized carbons (Fsp3) is 0.0909. The Kier molecular flexibility index (Phi) is 5.91. The molecule has 160 valence electrons. The Morgan fingerprint density at radius 2 is 1.27 bits per heavy atom. The average Bonchev–Trinajstić information content (AvgIpc) is 2.86. The summed E-state index contributed by atoms with van der Waals surface area (Å²) in [6, 6.07) is 37.1. The van der Waals surface area contributed by atoms with Crippen LogP contribution in [0.2, 0.25) is 0 Å². The summed E-state index contributed by atoms with van der Waals surface area (Å²) in [6.45, 7) is 4.32. The molecule has 0 N–H and O–H groups in total. The van der Waals surface area contributed by atoms with Crippen molar-refractivity contribution in [2.24, 2.45) is 0 Å². The van der Waals surface area contributed by atoms with Crippen molar-refractivity contribution in [1.29, 1.82) is 0 Å². The molecule has 0 amide bonds. The van der Waals surface area contributed by atoms with E-state index >= 15 is 0 Å². The smallest absolute Gasteiger partial charge is 0.00266 e. The molecule has 5 rings (SSSR count). The van der Waals surface area contributed by atoms with E-state index in [-0.39, 0.29) is 0 Å². The van der Waals surface area contributed by atoms with Crippen LogP contribution in [0.3, 0.4) is 0 Å². The lowest BCUT2D eigenvalue weighted by molar-refractivity contribution is 1.33. The Morgan fingerprint density at radius 3 is 1.91 bits per heavy atom. The number of benzene rings is 5. The molecular weight excluding hydrogens is 396 g/mol. The summed E-state index contributed by atoms with van der Waals surface area (Å²) in [5.41, 5.74) is 7.83. The topological polar surface area (TPSA) is 0 Å². The zero-order valence-electron chi connectivity index (χ0n) is 19.3. The fourth-order valence-corrected chi connectivity index (χ4v) is 4.74. The molecule has 5 aromatic carbocycles. The molecule has 0 aromatic heterocycles. The van der Waals surface area contributed by atoms with Gasteiger partial charge >= 0.3 is 0 Å². The van der Waals surface area contributed by atoms with E-state index in [1.807, 2.05) is 0 Å². The van der Waals surface area contributed by atoms with Crippen LogP contribution in [0.1, 0.15) is 23.6 Å². The maximum Gasteiger partial charge on any atom is -0.00266 e. The number of hydrogen-bond acceptors (Lipinski definition) is 0. The van der Waals surface area contributed by atoms with E-state index in [0.717, 1.165) is 6.42 Å². The number of allylic oxidation sites excluding steroid dienone is 4. The molecule has 0 heteroatoms. The summed E-state index contributed by atoms with van der Waals surface area (Å²) < 4.78 is 0. The summed E-state index contributed by atoms with van der Waals surface area (Å²) in [5.74, 6) is 0. The minimum atomic E-state index is 0.897. The van der Waals surface area contributed by atoms with Crippen LogP contribution in [0, 0.1) is 6.92 Å². The second-order valence-corrected chi connectivity index (χ2v) is 8.66. The molecule has 0 aliphatic carbocycles. The number of hydrogen-bond donors (Lipinski definition) is 0. The van der Waals surface area contributed by atoms with Gasteiger partial charge in [-0.3, -0.25) is 0 Å². The molecule has 0 saturated heterocycles. The van der Waals surface area contributed by atoms with Crippen molar-refractivity contribution < 1.29 is 0 Å². The molecule has 0 saturated carbocycles. The highest BCUT2D eigenvalue weighted by molar-refractivity contribution is 6.15. The molecular formula is C33H28. The Hall–Kier alpha value is -3.90. The molecule has 0 spiro atoms. The third kappa shape index (κ3) is 4.25. The lowest BCUT2D eigenvalue weighted by atomic mass is 9.87. The normalized spacial score (nSPS) is 12.1. The van der Waals surface area contributed by atoms with Crippen molar-refractivity contribution in [1.82, 2.24) is 0 Å². The number of fused-ring (bicyclic) bond motifs is 2. The summed E-state index contributed by atoms with van der Waals surface area (Å²) in [5, 5.41) is 5.30. The van der Waals surface area contributed by atoms with E-state index in [0.29, 0.717) is 0 Å².